The Hall–Kier alpha value is -2.47. The number of hydrogen-bond acceptors (Lipinski definition) is 4. The van der Waals surface area contributed by atoms with Gasteiger partial charge in [0.05, 0.1) is 5.69 Å². The molecule has 1 aromatic carbocycles. The van der Waals surface area contributed by atoms with Crippen molar-refractivity contribution in [2.24, 2.45) is 5.92 Å². The van der Waals surface area contributed by atoms with Crippen molar-refractivity contribution in [2.45, 2.75) is 58.5 Å². The summed E-state index contributed by atoms with van der Waals surface area (Å²) in [7, 11) is 0. The number of piperidine rings is 1. The molecule has 0 spiro atoms. The van der Waals surface area contributed by atoms with Crippen LogP contribution in [0.2, 0.25) is 0 Å². The standard InChI is InChI=1S/C24H32N4O2/c1-19-16-23-27(12-5-13-28(23)25-19)24(30)9-8-22(29)17-20-10-14-26(15-11-20)18-21-6-3-2-4-7-21/h2-4,6-7,16,20H,5,8-15,17-18H2,1H3. The van der Waals surface area contributed by atoms with E-state index in [1.165, 1.54) is 5.56 Å². The van der Waals surface area contributed by atoms with Crippen LogP contribution in [0.25, 0.3) is 0 Å². The van der Waals surface area contributed by atoms with Crippen molar-refractivity contribution < 1.29 is 9.59 Å². The van der Waals surface area contributed by atoms with Gasteiger partial charge in [0, 0.05) is 45.0 Å². The van der Waals surface area contributed by atoms with Gasteiger partial charge in [-0.1, -0.05) is 30.3 Å². The van der Waals surface area contributed by atoms with Crippen LogP contribution >= 0.6 is 0 Å². The number of rotatable bonds is 7. The van der Waals surface area contributed by atoms with Gasteiger partial charge < -0.3 is 0 Å². The Bertz CT molecular complexity index is 869. The summed E-state index contributed by atoms with van der Waals surface area (Å²) in [6, 6.07) is 12.5. The molecule has 1 amide bonds. The Morgan fingerprint density at radius 2 is 1.80 bits per heavy atom. The zero-order valence-corrected chi connectivity index (χ0v) is 17.9. The highest BCUT2D eigenvalue weighted by Gasteiger charge is 2.25. The monoisotopic (exact) mass is 408 g/mol. The van der Waals surface area contributed by atoms with Crippen LogP contribution in [0.1, 0.15) is 49.8 Å². The molecule has 0 aliphatic carbocycles. The number of nitrogens with zero attached hydrogens (tertiary/aromatic N) is 4. The Balaban J connectivity index is 1.19. The van der Waals surface area contributed by atoms with Gasteiger partial charge in [0.15, 0.2) is 0 Å². The van der Waals surface area contributed by atoms with Gasteiger partial charge in [-0.15, -0.1) is 0 Å². The summed E-state index contributed by atoms with van der Waals surface area (Å²) in [5.41, 5.74) is 2.28. The normalized spacial score (nSPS) is 17.7. The molecule has 6 nitrogen and oxygen atoms in total. The molecule has 6 heteroatoms. The van der Waals surface area contributed by atoms with Crippen molar-refractivity contribution in [2.75, 3.05) is 24.5 Å². The molecule has 1 fully saturated rings. The maximum Gasteiger partial charge on any atom is 0.228 e. The molecule has 30 heavy (non-hydrogen) atoms. The SMILES string of the molecule is Cc1cc2n(n1)CCCN2C(=O)CCC(=O)CC1CCN(Cc2ccccc2)CC1. The summed E-state index contributed by atoms with van der Waals surface area (Å²) < 4.78 is 1.90. The van der Waals surface area contributed by atoms with Crippen LogP contribution in [0.5, 0.6) is 0 Å². The van der Waals surface area contributed by atoms with Crippen LogP contribution in [0.15, 0.2) is 36.4 Å². The minimum Gasteiger partial charge on any atom is -0.300 e. The van der Waals surface area contributed by atoms with Crippen molar-refractivity contribution in [3.8, 4) is 0 Å². The molecule has 2 aromatic rings. The van der Waals surface area contributed by atoms with Crippen LogP contribution < -0.4 is 4.90 Å². The molecule has 1 saturated heterocycles. The van der Waals surface area contributed by atoms with Crippen LogP contribution in [0.4, 0.5) is 5.82 Å². The number of fused-ring (bicyclic) bond motifs is 1. The van der Waals surface area contributed by atoms with Crippen molar-refractivity contribution in [3.05, 3.63) is 47.7 Å². The molecule has 0 bridgehead atoms. The molecule has 3 heterocycles. The fourth-order valence-corrected chi connectivity index (χ4v) is 4.65. The third-order valence-corrected chi connectivity index (χ3v) is 6.30. The third kappa shape index (κ3) is 5.17. The number of benzene rings is 1. The molecule has 0 radical (unpaired) electrons. The van der Waals surface area contributed by atoms with E-state index >= 15 is 0 Å². The minimum atomic E-state index is 0.0434. The Morgan fingerprint density at radius 1 is 1.03 bits per heavy atom. The number of ketones is 1. The van der Waals surface area contributed by atoms with Gasteiger partial charge in [-0.05, 0) is 50.8 Å². The zero-order chi connectivity index (χ0) is 20.9. The highest BCUT2D eigenvalue weighted by Crippen LogP contribution is 2.25. The van der Waals surface area contributed by atoms with Crippen LogP contribution in [-0.2, 0) is 22.7 Å². The molecular formula is C24H32N4O2. The lowest BCUT2D eigenvalue weighted by Gasteiger charge is -2.31. The van der Waals surface area contributed by atoms with E-state index in [-0.39, 0.29) is 11.7 Å². The summed E-state index contributed by atoms with van der Waals surface area (Å²) in [5, 5.41) is 4.44. The van der Waals surface area contributed by atoms with E-state index < -0.39 is 0 Å². The molecule has 1 aromatic heterocycles. The molecule has 160 valence electrons. The maximum atomic E-state index is 12.7. The van der Waals surface area contributed by atoms with Gasteiger partial charge in [-0.25, -0.2) is 4.68 Å². The van der Waals surface area contributed by atoms with Crippen molar-refractivity contribution in [3.63, 3.8) is 0 Å². The quantitative estimate of drug-likeness (QED) is 0.703. The molecule has 0 N–H and O–H groups in total. The first-order valence-corrected chi connectivity index (χ1v) is 11.2. The first-order valence-electron chi connectivity index (χ1n) is 11.2. The Morgan fingerprint density at radius 3 is 2.57 bits per heavy atom. The maximum absolute atomic E-state index is 12.7. The molecule has 0 atom stereocenters. The first kappa shape index (κ1) is 20.8. The van der Waals surface area contributed by atoms with Gasteiger partial charge in [0.1, 0.15) is 11.6 Å². The lowest BCUT2D eigenvalue weighted by atomic mass is 9.90. The highest BCUT2D eigenvalue weighted by atomic mass is 16.2. The number of aryl methyl sites for hydroxylation is 2. The second-order valence-corrected chi connectivity index (χ2v) is 8.71. The summed E-state index contributed by atoms with van der Waals surface area (Å²) in [6.07, 6.45) is 4.32. The minimum absolute atomic E-state index is 0.0434. The van der Waals surface area contributed by atoms with Crippen molar-refractivity contribution in [1.82, 2.24) is 14.7 Å². The van der Waals surface area contributed by atoms with Gasteiger partial charge >= 0.3 is 0 Å². The lowest BCUT2D eigenvalue weighted by molar-refractivity contribution is -0.124. The number of Topliss-reactive ketones (excluding diaryl/α,β-unsaturated/α-hetero) is 1. The number of aromatic nitrogens is 2. The van der Waals surface area contributed by atoms with Crippen molar-refractivity contribution in [1.29, 1.82) is 0 Å². The molecule has 2 aliphatic heterocycles. The van der Waals surface area contributed by atoms with E-state index in [9.17, 15) is 9.59 Å². The molecular weight excluding hydrogens is 376 g/mol. The van der Waals surface area contributed by atoms with Crippen LogP contribution in [-0.4, -0.2) is 46.0 Å². The van der Waals surface area contributed by atoms with E-state index in [1.54, 1.807) is 4.90 Å². The number of likely N-dealkylation sites (tertiary alicyclic amines) is 1. The average Bonchev–Trinajstić information content (AvgIpc) is 3.14. The second kappa shape index (κ2) is 9.56. The predicted octanol–water partition coefficient (Wildman–Crippen LogP) is 3.58. The number of carbonyl (C=O) groups excluding carboxylic acids is 2. The highest BCUT2D eigenvalue weighted by molar-refractivity contribution is 5.95. The van der Waals surface area contributed by atoms with Gasteiger partial charge in [0.2, 0.25) is 5.91 Å². The van der Waals surface area contributed by atoms with E-state index in [0.29, 0.717) is 25.2 Å². The van der Waals surface area contributed by atoms with Crippen molar-refractivity contribution >= 4 is 17.5 Å². The van der Waals surface area contributed by atoms with E-state index in [0.717, 1.165) is 63.5 Å². The van der Waals surface area contributed by atoms with E-state index in [2.05, 4.69) is 34.3 Å². The predicted molar refractivity (Wildman–Crippen MR) is 117 cm³/mol. The Labute approximate surface area is 178 Å². The number of carbonyl (C=O) groups is 2. The van der Waals surface area contributed by atoms with E-state index in [4.69, 9.17) is 0 Å². The third-order valence-electron chi connectivity index (χ3n) is 6.30. The number of amides is 1. The molecule has 0 unspecified atom stereocenters. The number of hydrogen-bond donors (Lipinski definition) is 0. The smallest absolute Gasteiger partial charge is 0.228 e. The zero-order valence-electron chi connectivity index (χ0n) is 17.9. The fraction of sp³-hybridized carbons (Fsp3) is 0.542. The lowest BCUT2D eigenvalue weighted by Crippen LogP contribution is -2.37. The largest absolute Gasteiger partial charge is 0.300 e. The number of anilines is 1. The summed E-state index contributed by atoms with van der Waals surface area (Å²) >= 11 is 0. The summed E-state index contributed by atoms with van der Waals surface area (Å²) in [4.78, 5) is 29.5. The average molecular weight is 409 g/mol. The van der Waals surface area contributed by atoms with Crippen LogP contribution in [0.3, 0.4) is 0 Å². The van der Waals surface area contributed by atoms with Gasteiger partial charge in [0.25, 0.3) is 0 Å². The van der Waals surface area contributed by atoms with Crippen LogP contribution in [0, 0.1) is 12.8 Å². The summed E-state index contributed by atoms with van der Waals surface area (Å²) in [5.74, 6) is 1.61. The van der Waals surface area contributed by atoms with Gasteiger partial charge in [-0.2, -0.15) is 5.10 Å². The Kier molecular flexibility index (Phi) is 6.62. The second-order valence-electron chi connectivity index (χ2n) is 8.71. The summed E-state index contributed by atoms with van der Waals surface area (Å²) in [6.45, 7) is 6.60. The first-order chi connectivity index (χ1) is 14.6. The topological polar surface area (TPSA) is 58.4 Å². The fourth-order valence-electron chi connectivity index (χ4n) is 4.65. The van der Waals surface area contributed by atoms with E-state index in [1.807, 2.05) is 23.7 Å². The molecule has 0 saturated carbocycles. The molecule has 4 rings (SSSR count). The molecule has 2 aliphatic rings. The van der Waals surface area contributed by atoms with Gasteiger partial charge in [-0.3, -0.25) is 19.4 Å².